The Labute approximate surface area is 271 Å². The predicted molar refractivity (Wildman–Crippen MR) is 197 cm³/mol. The van der Waals surface area contributed by atoms with Crippen molar-refractivity contribution in [1.29, 1.82) is 0 Å². The van der Waals surface area contributed by atoms with E-state index in [2.05, 4.69) is 156 Å². The van der Waals surface area contributed by atoms with Gasteiger partial charge in [-0.15, -0.1) is 0 Å². The quantitative estimate of drug-likeness (QED) is 0.150. The number of rotatable bonds is 3. The van der Waals surface area contributed by atoms with Gasteiger partial charge in [-0.05, 0) is 82.1 Å². The smallest absolute Gasteiger partial charge is 0.0978 e. The molecular formula is C44H27N3. The summed E-state index contributed by atoms with van der Waals surface area (Å²) < 4.78 is 2.36. The second-order valence-corrected chi connectivity index (χ2v) is 12.2. The number of pyridine rings is 2. The van der Waals surface area contributed by atoms with Crippen LogP contribution in [0.3, 0.4) is 0 Å². The third kappa shape index (κ3) is 4.00. The lowest BCUT2D eigenvalue weighted by Crippen LogP contribution is -1.92. The van der Waals surface area contributed by atoms with Gasteiger partial charge in [-0.1, -0.05) is 103 Å². The summed E-state index contributed by atoms with van der Waals surface area (Å²) in [5, 5.41) is 8.31. The van der Waals surface area contributed by atoms with Gasteiger partial charge < -0.3 is 4.57 Å². The molecule has 7 aromatic carbocycles. The van der Waals surface area contributed by atoms with Crippen LogP contribution in [-0.4, -0.2) is 14.5 Å². The highest BCUT2D eigenvalue weighted by Crippen LogP contribution is 2.39. The van der Waals surface area contributed by atoms with Crippen LogP contribution in [0.25, 0.3) is 93.2 Å². The monoisotopic (exact) mass is 597 g/mol. The van der Waals surface area contributed by atoms with Crippen LogP contribution in [0.1, 0.15) is 0 Å². The Bertz CT molecular complexity index is 2850. The minimum Gasteiger partial charge on any atom is -0.309 e. The molecule has 10 rings (SSSR count). The molecule has 3 heteroatoms. The molecule has 47 heavy (non-hydrogen) atoms. The largest absolute Gasteiger partial charge is 0.309 e. The van der Waals surface area contributed by atoms with Crippen molar-refractivity contribution in [2.75, 3.05) is 0 Å². The van der Waals surface area contributed by atoms with Gasteiger partial charge in [0, 0.05) is 44.4 Å². The molecule has 218 valence electrons. The fraction of sp³-hybridized carbons (Fsp3) is 0. The molecule has 3 heterocycles. The van der Waals surface area contributed by atoms with E-state index in [-0.39, 0.29) is 0 Å². The summed E-state index contributed by atoms with van der Waals surface area (Å²) in [4.78, 5) is 9.82. The Morgan fingerprint density at radius 1 is 0.404 bits per heavy atom. The van der Waals surface area contributed by atoms with Crippen molar-refractivity contribution in [2.45, 2.75) is 0 Å². The highest BCUT2D eigenvalue weighted by Gasteiger charge is 2.16. The topological polar surface area (TPSA) is 30.7 Å². The number of aromatic nitrogens is 3. The molecule has 0 unspecified atom stereocenters. The minimum atomic E-state index is 0.936. The highest BCUT2D eigenvalue weighted by molar-refractivity contribution is 6.16. The zero-order valence-electron chi connectivity index (χ0n) is 25.4. The SMILES string of the molecule is c1ccc(-n2c3ccccc3c3cc(-c4ccc5cc(-c6c7ccccc7nc7c6ccc6cccnc67)ccc5c4)ccc32)cc1. The number of benzene rings is 7. The van der Waals surface area contributed by atoms with Gasteiger partial charge in [0.15, 0.2) is 0 Å². The minimum absolute atomic E-state index is 0.936. The molecule has 0 bridgehead atoms. The molecule has 0 N–H and O–H groups in total. The van der Waals surface area contributed by atoms with E-state index in [0.29, 0.717) is 0 Å². The first-order valence-electron chi connectivity index (χ1n) is 16.0. The van der Waals surface area contributed by atoms with Gasteiger partial charge in [-0.25, -0.2) is 4.98 Å². The van der Waals surface area contributed by atoms with E-state index in [4.69, 9.17) is 9.97 Å². The van der Waals surface area contributed by atoms with Crippen LogP contribution >= 0.6 is 0 Å². The van der Waals surface area contributed by atoms with Crippen molar-refractivity contribution < 1.29 is 0 Å². The fourth-order valence-corrected chi connectivity index (χ4v) is 7.39. The average Bonchev–Trinajstić information content (AvgIpc) is 3.47. The Kier molecular flexibility index (Phi) is 5.57. The van der Waals surface area contributed by atoms with Crippen LogP contribution in [0, 0.1) is 0 Å². The third-order valence-electron chi connectivity index (χ3n) is 9.57. The van der Waals surface area contributed by atoms with E-state index in [1.165, 1.54) is 60.5 Å². The van der Waals surface area contributed by atoms with Crippen molar-refractivity contribution in [3.8, 4) is 27.9 Å². The van der Waals surface area contributed by atoms with Crippen LogP contribution < -0.4 is 0 Å². The number of hydrogen-bond donors (Lipinski definition) is 0. The zero-order valence-corrected chi connectivity index (χ0v) is 25.4. The summed E-state index contributed by atoms with van der Waals surface area (Å²) in [5.41, 5.74) is 11.3. The van der Waals surface area contributed by atoms with Gasteiger partial charge in [-0.3, -0.25) is 4.98 Å². The van der Waals surface area contributed by atoms with Crippen LogP contribution in [0.5, 0.6) is 0 Å². The van der Waals surface area contributed by atoms with Gasteiger partial charge in [0.1, 0.15) is 0 Å². The third-order valence-corrected chi connectivity index (χ3v) is 9.57. The van der Waals surface area contributed by atoms with E-state index in [1.807, 2.05) is 12.3 Å². The van der Waals surface area contributed by atoms with Crippen molar-refractivity contribution in [3.05, 3.63) is 164 Å². The number of para-hydroxylation sites is 3. The first-order chi connectivity index (χ1) is 23.3. The van der Waals surface area contributed by atoms with E-state index < -0.39 is 0 Å². The molecule has 0 aliphatic heterocycles. The molecule has 3 aromatic heterocycles. The molecule has 0 saturated carbocycles. The Morgan fingerprint density at radius 3 is 1.98 bits per heavy atom. The summed E-state index contributed by atoms with van der Waals surface area (Å²) in [6.45, 7) is 0. The fourth-order valence-electron chi connectivity index (χ4n) is 7.39. The van der Waals surface area contributed by atoms with Crippen molar-refractivity contribution in [1.82, 2.24) is 14.5 Å². The van der Waals surface area contributed by atoms with E-state index >= 15 is 0 Å². The first kappa shape index (κ1) is 26.0. The Hall–Kier alpha value is -6.32. The number of fused-ring (bicyclic) bond motifs is 8. The maximum Gasteiger partial charge on any atom is 0.0978 e. The number of hydrogen-bond acceptors (Lipinski definition) is 2. The summed E-state index contributed by atoms with van der Waals surface area (Å²) >= 11 is 0. The molecule has 10 aromatic rings. The Morgan fingerprint density at radius 2 is 1.09 bits per heavy atom. The molecule has 0 saturated heterocycles. The molecule has 0 amide bonds. The van der Waals surface area contributed by atoms with E-state index in [9.17, 15) is 0 Å². The summed E-state index contributed by atoms with van der Waals surface area (Å²) in [7, 11) is 0. The predicted octanol–water partition coefficient (Wildman–Crippen LogP) is 11.5. The van der Waals surface area contributed by atoms with E-state index in [1.54, 1.807) is 0 Å². The molecular weight excluding hydrogens is 571 g/mol. The second kappa shape index (κ2) is 10.1. The van der Waals surface area contributed by atoms with Crippen LogP contribution in [0.4, 0.5) is 0 Å². The van der Waals surface area contributed by atoms with Crippen LogP contribution in [0.2, 0.25) is 0 Å². The molecule has 3 nitrogen and oxygen atoms in total. The summed E-state index contributed by atoms with van der Waals surface area (Å²) in [6, 6.07) is 56.7. The number of nitrogens with zero attached hydrogens (tertiary/aromatic N) is 3. The molecule has 0 spiro atoms. The lowest BCUT2D eigenvalue weighted by Gasteiger charge is -2.14. The van der Waals surface area contributed by atoms with Gasteiger partial charge in [0.25, 0.3) is 0 Å². The maximum absolute atomic E-state index is 5.09. The van der Waals surface area contributed by atoms with Crippen LogP contribution in [0.15, 0.2) is 164 Å². The van der Waals surface area contributed by atoms with Gasteiger partial charge in [-0.2, -0.15) is 0 Å². The normalized spacial score (nSPS) is 11.8. The standard InChI is InChI=1S/C44H27N3/c1-2-10-34(11-3-1)47-40-15-7-5-12-35(40)38-27-32(21-23-41(38)47)30-16-17-31-26-33(19-18-29(31)25-30)42-36-13-4-6-14-39(36)46-44-37(42)22-20-28-9-8-24-45-43(28)44/h1-27H. The van der Waals surface area contributed by atoms with E-state index in [0.717, 1.165) is 32.7 Å². The van der Waals surface area contributed by atoms with Crippen molar-refractivity contribution in [2.24, 2.45) is 0 Å². The maximum atomic E-state index is 5.09. The highest BCUT2D eigenvalue weighted by atomic mass is 15.0. The van der Waals surface area contributed by atoms with Crippen LogP contribution in [-0.2, 0) is 0 Å². The van der Waals surface area contributed by atoms with Gasteiger partial charge in [0.05, 0.1) is 27.6 Å². The Balaban J connectivity index is 1.12. The first-order valence-corrected chi connectivity index (χ1v) is 16.0. The summed E-state index contributed by atoms with van der Waals surface area (Å²) in [5.74, 6) is 0. The molecule has 0 atom stereocenters. The van der Waals surface area contributed by atoms with Gasteiger partial charge >= 0.3 is 0 Å². The lowest BCUT2D eigenvalue weighted by atomic mass is 9.92. The molecule has 0 fully saturated rings. The lowest BCUT2D eigenvalue weighted by molar-refractivity contribution is 1.18. The zero-order chi connectivity index (χ0) is 30.9. The second-order valence-electron chi connectivity index (χ2n) is 12.2. The average molecular weight is 598 g/mol. The van der Waals surface area contributed by atoms with Crippen molar-refractivity contribution in [3.63, 3.8) is 0 Å². The van der Waals surface area contributed by atoms with Gasteiger partial charge in [0.2, 0.25) is 0 Å². The molecule has 0 aliphatic carbocycles. The summed E-state index contributed by atoms with van der Waals surface area (Å²) in [6.07, 6.45) is 1.85. The van der Waals surface area contributed by atoms with Crippen molar-refractivity contribution >= 4 is 65.3 Å². The molecule has 0 radical (unpaired) electrons. The molecule has 0 aliphatic rings.